The number of nitrogens with one attached hydrogen (secondary N) is 1. The summed E-state index contributed by atoms with van der Waals surface area (Å²) >= 11 is 0. The van der Waals surface area contributed by atoms with E-state index in [1.54, 1.807) is 6.26 Å². The van der Waals surface area contributed by atoms with E-state index in [0.29, 0.717) is 6.04 Å². The number of piperidine rings is 1. The fourth-order valence-corrected chi connectivity index (χ4v) is 3.04. The van der Waals surface area contributed by atoms with E-state index in [9.17, 15) is 0 Å². The van der Waals surface area contributed by atoms with Gasteiger partial charge in [-0.15, -0.1) is 0 Å². The summed E-state index contributed by atoms with van der Waals surface area (Å²) in [5, 5.41) is 3.63. The Morgan fingerprint density at radius 1 is 1.45 bits per heavy atom. The van der Waals surface area contributed by atoms with Crippen molar-refractivity contribution in [1.82, 2.24) is 10.2 Å². The van der Waals surface area contributed by atoms with Crippen molar-refractivity contribution < 1.29 is 4.42 Å². The highest BCUT2D eigenvalue weighted by Gasteiger charge is 2.17. The Bertz CT molecular complexity index is 350. The second-order valence-electron chi connectivity index (χ2n) is 6.21. The van der Waals surface area contributed by atoms with Gasteiger partial charge in [0.2, 0.25) is 0 Å². The van der Waals surface area contributed by atoms with Gasteiger partial charge in [-0.05, 0) is 71.3 Å². The first-order valence-electron chi connectivity index (χ1n) is 8.25. The first-order chi connectivity index (χ1) is 9.75. The van der Waals surface area contributed by atoms with Crippen LogP contribution < -0.4 is 5.32 Å². The third kappa shape index (κ3) is 5.29. The maximum atomic E-state index is 5.37. The SMILES string of the molecule is CC(CCc1ccco1)NCCCN1CCCCC1C. The number of rotatable bonds is 8. The van der Waals surface area contributed by atoms with E-state index in [1.807, 2.05) is 6.07 Å². The second kappa shape index (κ2) is 8.48. The Hall–Kier alpha value is -0.800. The molecule has 1 saturated heterocycles. The van der Waals surface area contributed by atoms with Crippen molar-refractivity contribution in [3.8, 4) is 0 Å². The Morgan fingerprint density at radius 2 is 2.35 bits per heavy atom. The fraction of sp³-hybridized carbons (Fsp3) is 0.765. The van der Waals surface area contributed by atoms with E-state index in [1.165, 1.54) is 38.8 Å². The molecular formula is C17H30N2O. The van der Waals surface area contributed by atoms with Gasteiger partial charge in [0, 0.05) is 18.5 Å². The van der Waals surface area contributed by atoms with Gasteiger partial charge in [-0.1, -0.05) is 6.42 Å². The van der Waals surface area contributed by atoms with Crippen LogP contribution in [0.15, 0.2) is 22.8 Å². The number of furan rings is 1. The van der Waals surface area contributed by atoms with Gasteiger partial charge in [-0.25, -0.2) is 0 Å². The Kier molecular flexibility index (Phi) is 6.61. The van der Waals surface area contributed by atoms with Crippen LogP contribution in [-0.4, -0.2) is 36.6 Å². The molecule has 1 aliphatic heterocycles. The number of likely N-dealkylation sites (tertiary alicyclic amines) is 1. The van der Waals surface area contributed by atoms with Crippen LogP contribution in [0.2, 0.25) is 0 Å². The molecule has 0 radical (unpaired) electrons. The van der Waals surface area contributed by atoms with E-state index in [0.717, 1.165) is 31.2 Å². The molecule has 0 saturated carbocycles. The molecule has 1 aromatic heterocycles. The molecule has 3 nitrogen and oxygen atoms in total. The van der Waals surface area contributed by atoms with Gasteiger partial charge in [0.25, 0.3) is 0 Å². The summed E-state index contributed by atoms with van der Waals surface area (Å²) in [6, 6.07) is 5.39. The molecule has 0 aromatic carbocycles. The molecule has 2 rings (SSSR count). The summed E-state index contributed by atoms with van der Waals surface area (Å²) in [6.07, 6.45) is 9.38. The zero-order valence-electron chi connectivity index (χ0n) is 13.1. The summed E-state index contributed by atoms with van der Waals surface area (Å²) in [4.78, 5) is 2.65. The van der Waals surface area contributed by atoms with Crippen LogP contribution in [0.5, 0.6) is 0 Å². The van der Waals surface area contributed by atoms with Gasteiger partial charge in [0.05, 0.1) is 6.26 Å². The van der Waals surface area contributed by atoms with Crippen LogP contribution in [0.3, 0.4) is 0 Å². The summed E-state index contributed by atoms with van der Waals surface area (Å²) in [7, 11) is 0. The van der Waals surface area contributed by atoms with Crippen molar-refractivity contribution in [3.63, 3.8) is 0 Å². The van der Waals surface area contributed by atoms with E-state index in [2.05, 4.69) is 30.1 Å². The van der Waals surface area contributed by atoms with E-state index in [4.69, 9.17) is 4.42 Å². The summed E-state index contributed by atoms with van der Waals surface area (Å²) in [6.45, 7) is 8.32. The maximum Gasteiger partial charge on any atom is 0.103 e. The predicted octanol–water partition coefficient (Wildman–Crippen LogP) is 3.45. The molecule has 0 spiro atoms. The minimum absolute atomic E-state index is 0.568. The van der Waals surface area contributed by atoms with Crippen LogP contribution in [-0.2, 0) is 6.42 Å². The van der Waals surface area contributed by atoms with Gasteiger partial charge in [0.1, 0.15) is 5.76 Å². The van der Waals surface area contributed by atoms with E-state index >= 15 is 0 Å². The minimum atomic E-state index is 0.568. The van der Waals surface area contributed by atoms with E-state index in [-0.39, 0.29) is 0 Å². The zero-order chi connectivity index (χ0) is 14.2. The van der Waals surface area contributed by atoms with Crippen LogP contribution in [0, 0.1) is 0 Å². The monoisotopic (exact) mass is 278 g/mol. The third-order valence-corrected chi connectivity index (χ3v) is 4.46. The molecule has 1 fully saturated rings. The summed E-state index contributed by atoms with van der Waals surface area (Å²) < 4.78 is 5.37. The molecule has 1 aromatic rings. The molecule has 114 valence electrons. The largest absolute Gasteiger partial charge is 0.469 e. The number of nitrogens with zero attached hydrogens (tertiary/aromatic N) is 1. The summed E-state index contributed by atoms with van der Waals surface area (Å²) in [5.74, 6) is 1.10. The molecule has 2 unspecified atom stereocenters. The van der Waals surface area contributed by atoms with E-state index < -0.39 is 0 Å². The number of hydrogen-bond acceptors (Lipinski definition) is 3. The average Bonchev–Trinajstić information content (AvgIpc) is 2.96. The van der Waals surface area contributed by atoms with Crippen LogP contribution in [0.4, 0.5) is 0 Å². The Balaban J connectivity index is 1.51. The normalized spacial score (nSPS) is 22.0. The van der Waals surface area contributed by atoms with Crippen LogP contribution in [0.25, 0.3) is 0 Å². The van der Waals surface area contributed by atoms with Gasteiger partial charge in [-0.3, -0.25) is 0 Å². The van der Waals surface area contributed by atoms with Crippen molar-refractivity contribution in [1.29, 1.82) is 0 Å². The van der Waals surface area contributed by atoms with Crippen molar-refractivity contribution in [2.24, 2.45) is 0 Å². The van der Waals surface area contributed by atoms with Crippen LogP contribution >= 0.6 is 0 Å². The molecular weight excluding hydrogens is 248 g/mol. The molecule has 1 aliphatic rings. The maximum absolute atomic E-state index is 5.37. The first-order valence-corrected chi connectivity index (χ1v) is 8.25. The minimum Gasteiger partial charge on any atom is -0.469 e. The highest BCUT2D eigenvalue weighted by atomic mass is 16.3. The number of aryl methyl sites for hydroxylation is 1. The van der Waals surface area contributed by atoms with Crippen molar-refractivity contribution in [2.45, 2.75) is 64.5 Å². The molecule has 0 amide bonds. The molecule has 1 N–H and O–H groups in total. The molecule has 0 bridgehead atoms. The topological polar surface area (TPSA) is 28.4 Å². The lowest BCUT2D eigenvalue weighted by atomic mass is 10.0. The van der Waals surface area contributed by atoms with Crippen molar-refractivity contribution >= 4 is 0 Å². The number of hydrogen-bond donors (Lipinski definition) is 1. The highest BCUT2D eigenvalue weighted by Crippen LogP contribution is 2.16. The third-order valence-electron chi connectivity index (χ3n) is 4.46. The lowest BCUT2D eigenvalue weighted by Gasteiger charge is -2.33. The quantitative estimate of drug-likeness (QED) is 0.738. The van der Waals surface area contributed by atoms with Crippen molar-refractivity contribution in [2.75, 3.05) is 19.6 Å². The highest BCUT2D eigenvalue weighted by molar-refractivity contribution is 4.98. The lowest BCUT2D eigenvalue weighted by Crippen LogP contribution is -2.39. The van der Waals surface area contributed by atoms with Gasteiger partial charge >= 0.3 is 0 Å². The molecule has 2 atom stereocenters. The Morgan fingerprint density at radius 3 is 3.10 bits per heavy atom. The van der Waals surface area contributed by atoms with Gasteiger partial charge in [-0.2, -0.15) is 0 Å². The van der Waals surface area contributed by atoms with Crippen LogP contribution in [0.1, 0.15) is 51.7 Å². The molecule has 0 aliphatic carbocycles. The molecule has 3 heteroatoms. The predicted molar refractivity (Wildman–Crippen MR) is 84.0 cm³/mol. The van der Waals surface area contributed by atoms with Gasteiger partial charge < -0.3 is 14.6 Å². The summed E-state index contributed by atoms with van der Waals surface area (Å²) in [5.41, 5.74) is 0. The smallest absolute Gasteiger partial charge is 0.103 e. The zero-order valence-corrected chi connectivity index (χ0v) is 13.1. The standard InChI is InChI=1S/C17H30N2O/c1-15(9-10-17-8-5-14-20-17)18-11-6-13-19-12-4-3-7-16(19)2/h5,8,14-16,18H,3-4,6-7,9-13H2,1-2H3. The van der Waals surface area contributed by atoms with Crippen molar-refractivity contribution in [3.05, 3.63) is 24.2 Å². The molecule has 20 heavy (non-hydrogen) atoms. The molecule has 2 heterocycles. The van der Waals surface area contributed by atoms with Gasteiger partial charge in [0.15, 0.2) is 0 Å². The fourth-order valence-electron chi connectivity index (χ4n) is 3.04. The average molecular weight is 278 g/mol. The Labute approximate surface area is 123 Å². The second-order valence-corrected chi connectivity index (χ2v) is 6.21. The first kappa shape index (κ1) is 15.6. The lowest BCUT2D eigenvalue weighted by molar-refractivity contribution is 0.158.